The summed E-state index contributed by atoms with van der Waals surface area (Å²) in [5, 5.41) is 9.62. The van der Waals surface area contributed by atoms with E-state index < -0.39 is 0 Å². The monoisotopic (exact) mass is 572 g/mol. The number of unbranched alkanes of at least 4 members (excludes halogenated alkanes) is 21. The number of aromatic hydroxyl groups is 1. The molecule has 1 rings (SSSR count). The van der Waals surface area contributed by atoms with Gasteiger partial charge >= 0.3 is 5.97 Å². The van der Waals surface area contributed by atoms with Crippen LogP contribution >= 0.6 is 0 Å². The van der Waals surface area contributed by atoms with Crippen molar-refractivity contribution in [2.45, 2.75) is 155 Å². The maximum atomic E-state index is 11.9. The molecule has 0 unspecified atom stereocenters. The van der Waals surface area contributed by atoms with Crippen LogP contribution in [0.4, 0.5) is 0 Å². The molecule has 0 saturated heterocycles. The smallest absolute Gasteiger partial charge is 0.330 e. The molecule has 0 aromatic heterocycles. The van der Waals surface area contributed by atoms with Gasteiger partial charge in [-0.15, -0.1) is 0 Å². The Morgan fingerprint density at radius 1 is 0.659 bits per heavy atom. The number of rotatable bonds is 28. The van der Waals surface area contributed by atoms with Crippen LogP contribution in [0.5, 0.6) is 11.5 Å². The maximum Gasteiger partial charge on any atom is 0.330 e. The highest BCUT2D eigenvalue weighted by Gasteiger charge is 2.02. The summed E-state index contributed by atoms with van der Waals surface area (Å²) in [7, 11) is 1.50. The van der Waals surface area contributed by atoms with E-state index in [1.54, 1.807) is 31.2 Å². The summed E-state index contributed by atoms with van der Waals surface area (Å²) in [5.74, 6) is 0.451. The number of phenolic OH excluding ortho intramolecular Hbond substituents is 1. The van der Waals surface area contributed by atoms with E-state index in [2.05, 4.69) is 0 Å². The first kappa shape index (κ1) is 36.7. The molecule has 1 aromatic rings. The van der Waals surface area contributed by atoms with Crippen LogP contribution in [0, 0.1) is 0 Å². The molecular weight excluding hydrogens is 512 g/mol. The maximum absolute atomic E-state index is 11.9. The van der Waals surface area contributed by atoms with Crippen LogP contribution in [0.15, 0.2) is 24.3 Å². The number of ketones is 1. The second kappa shape index (κ2) is 26.6. The average Bonchev–Trinajstić information content (AvgIpc) is 2.96. The molecule has 0 spiro atoms. The van der Waals surface area contributed by atoms with Gasteiger partial charge in [-0.2, -0.15) is 0 Å². The highest BCUT2D eigenvalue weighted by molar-refractivity contribution is 5.87. The van der Waals surface area contributed by atoms with Crippen LogP contribution in [0.1, 0.15) is 160 Å². The number of hydrogen-bond acceptors (Lipinski definition) is 5. The van der Waals surface area contributed by atoms with Gasteiger partial charge in [-0.3, -0.25) is 0 Å². The molecule has 0 atom stereocenters. The lowest BCUT2D eigenvalue weighted by atomic mass is 10.0. The van der Waals surface area contributed by atoms with Crippen molar-refractivity contribution >= 4 is 17.8 Å². The Hall–Kier alpha value is -2.30. The molecular formula is C36H60O5. The molecule has 0 radical (unpaired) electrons. The molecule has 41 heavy (non-hydrogen) atoms. The van der Waals surface area contributed by atoms with Crippen LogP contribution in [-0.2, 0) is 14.3 Å². The number of Topliss-reactive ketones (excluding diaryl/α,β-unsaturated/α-hetero) is 1. The van der Waals surface area contributed by atoms with Crippen LogP contribution in [-0.4, -0.2) is 30.6 Å². The van der Waals surface area contributed by atoms with E-state index in [-0.39, 0.29) is 11.7 Å². The first-order chi connectivity index (χ1) is 20.0. The fourth-order valence-corrected chi connectivity index (χ4v) is 5.19. The van der Waals surface area contributed by atoms with Gasteiger partial charge in [0.2, 0.25) is 0 Å². The van der Waals surface area contributed by atoms with E-state index >= 15 is 0 Å². The van der Waals surface area contributed by atoms with E-state index in [0.29, 0.717) is 18.1 Å². The summed E-state index contributed by atoms with van der Waals surface area (Å²) in [6, 6.07) is 4.94. The molecule has 1 N–H and O–H groups in total. The molecule has 0 aliphatic carbocycles. The number of ether oxygens (including phenoxy) is 2. The molecule has 0 heterocycles. The molecule has 0 fully saturated rings. The van der Waals surface area contributed by atoms with Gasteiger partial charge in [0, 0.05) is 12.5 Å². The number of hydrogen-bond donors (Lipinski definition) is 1. The van der Waals surface area contributed by atoms with Gasteiger partial charge in [-0.1, -0.05) is 134 Å². The highest BCUT2D eigenvalue weighted by Crippen LogP contribution is 2.26. The van der Waals surface area contributed by atoms with Gasteiger partial charge in [0.05, 0.1) is 13.7 Å². The molecule has 5 heteroatoms. The quantitative estimate of drug-likeness (QED) is 0.0614. The van der Waals surface area contributed by atoms with Gasteiger partial charge in [0.15, 0.2) is 11.5 Å². The van der Waals surface area contributed by atoms with Crippen molar-refractivity contribution in [3.8, 4) is 11.5 Å². The zero-order valence-corrected chi connectivity index (χ0v) is 26.4. The molecule has 0 bridgehead atoms. The molecule has 0 aliphatic rings. The summed E-state index contributed by atoms with van der Waals surface area (Å²) < 4.78 is 10.4. The zero-order valence-electron chi connectivity index (χ0n) is 26.4. The average molecular weight is 573 g/mol. The summed E-state index contributed by atoms with van der Waals surface area (Å²) in [6.07, 6.45) is 32.7. The zero-order chi connectivity index (χ0) is 29.8. The third kappa shape index (κ3) is 23.0. The van der Waals surface area contributed by atoms with E-state index in [4.69, 9.17) is 9.47 Å². The third-order valence-electron chi connectivity index (χ3n) is 7.78. The van der Waals surface area contributed by atoms with E-state index in [1.165, 1.54) is 135 Å². The van der Waals surface area contributed by atoms with Crippen molar-refractivity contribution in [2.75, 3.05) is 13.7 Å². The predicted octanol–water partition coefficient (Wildman–Crippen LogP) is 10.5. The first-order valence-corrected chi connectivity index (χ1v) is 16.7. The molecule has 0 aliphatic heterocycles. The first-order valence-electron chi connectivity index (χ1n) is 16.7. The van der Waals surface area contributed by atoms with Gasteiger partial charge < -0.3 is 19.4 Å². The number of esters is 1. The lowest BCUT2D eigenvalue weighted by Crippen LogP contribution is -2.02. The number of benzene rings is 1. The minimum atomic E-state index is -0.339. The fraction of sp³-hybridized carbons (Fsp3) is 0.722. The predicted molar refractivity (Wildman–Crippen MR) is 172 cm³/mol. The minimum absolute atomic E-state index is 0.0764. The normalized spacial score (nSPS) is 11.3. The number of carbonyl (C=O) groups is 2. The summed E-state index contributed by atoms with van der Waals surface area (Å²) in [6.45, 7) is 2.16. The van der Waals surface area contributed by atoms with E-state index in [1.807, 2.05) is 0 Å². The lowest BCUT2D eigenvalue weighted by Gasteiger charge is -2.05. The standard InChI is InChI=1S/C36H60O5/c1-32(37)25-23-21-19-17-15-13-11-9-7-5-3-4-6-8-10-12-14-16-18-20-22-24-30-41-36(39)29-27-33-26-28-34(38)35(31-33)40-2/h26-29,31,38H,3-25,30H2,1-2H3/b29-27+. The van der Waals surface area contributed by atoms with Crippen LogP contribution in [0.3, 0.4) is 0 Å². The Morgan fingerprint density at radius 3 is 1.49 bits per heavy atom. The summed E-state index contributed by atoms with van der Waals surface area (Å²) >= 11 is 0. The third-order valence-corrected chi connectivity index (χ3v) is 7.78. The Morgan fingerprint density at radius 2 is 1.07 bits per heavy atom. The van der Waals surface area contributed by atoms with Crippen molar-refractivity contribution in [1.29, 1.82) is 0 Å². The Bertz CT molecular complexity index is 816. The molecule has 0 amide bonds. The van der Waals surface area contributed by atoms with Crippen LogP contribution in [0.2, 0.25) is 0 Å². The van der Waals surface area contributed by atoms with Crippen molar-refractivity contribution in [3.63, 3.8) is 0 Å². The number of phenols is 1. The van der Waals surface area contributed by atoms with Crippen LogP contribution in [0.25, 0.3) is 6.08 Å². The van der Waals surface area contributed by atoms with Gasteiger partial charge in [0.1, 0.15) is 5.78 Å². The lowest BCUT2D eigenvalue weighted by molar-refractivity contribution is -0.137. The van der Waals surface area contributed by atoms with Gasteiger partial charge in [-0.25, -0.2) is 4.79 Å². The van der Waals surface area contributed by atoms with E-state index in [0.717, 1.165) is 31.2 Å². The SMILES string of the molecule is COc1cc(/C=C/C(=O)OCCCCCCCCCCCCCCCCCCCCCCCCC(C)=O)ccc1O. The van der Waals surface area contributed by atoms with Crippen molar-refractivity contribution in [2.24, 2.45) is 0 Å². The Labute approximate surface area is 251 Å². The Balaban J connectivity index is 1.77. The second-order valence-electron chi connectivity index (χ2n) is 11.7. The molecule has 5 nitrogen and oxygen atoms in total. The number of methoxy groups -OCH3 is 1. The van der Waals surface area contributed by atoms with Crippen molar-refractivity contribution in [3.05, 3.63) is 29.8 Å². The molecule has 1 aromatic carbocycles. The van der Waals surface area contributed by atoms with Crippen LogP contribution < -0.4 is 4.74 Å². The largest absolute Gasteiger partial charge is 0.504 e. The second-order valence-corrected chi connectivity index (χ2v) is 11.7. The van der Waals surface area contributed by atoms with E-state index in [9.17, 15) is 14.7 Å². The topological polar surface area (TPSA) is 72.8 Å². The summed E-state index contributed by atoms with van der Waals surface area (Å²) in [5.41, 5.74) is 0.773. The van der Waals surface area contributed by atoms with Gasteiger partial charge in [-0.05, 0) is 43.5 Å². The minimum Gasteiger partial charge on any atom is -0.504 e. The Kier molecular flexibility index (Phi) is 23.8. The number of carbonyl (C=O) groups excluding carboxylic acids is 2. The highest BCUT2D eigenvalue weighted by atomic mass is 16.5. The summed E-state index contributed by atoms with van der Waals surface area (Å²) in [4.78, 5) is 22.8. The molecule has 0 saturated carbocycles. The van der Waals surface area contributed by atoms with Crippen molar-refractivity contribution in [1.82, 2.24) is 0 Å². The van der Waals surface area contributed by atoms with Crippen molar-refractivity contribution < 1.29 is 24.2 Å². The van der Waals surface area contributed by atoms with Gasteiger partial charge in [0.25, 0.3) is 0 Å². The molecule has 234 valence electrons. The fourth-order valence-electron chi connectivity index (χ4n) is 5.19.